The second-order valence-corrected chi connectivity index (χ2v) is 11.7. The Balaban J connectivity index is 0.000000707. The number of ketones is 2. The number of piperazine rings is 1. The van der Waals surface area contributed by atoms with Crippen molar-refractivity contribution in [2.24, 2.45) is 5.41 Å². The summed E-state index contributed by atoms with van der Waals surface area (Å²) in [5.41, 5.74) is -0.189. The molecule has 1 aromatic carbocycles. The minimum absolute atomic E-state index is 0.164. The van der Waals surface area contributed by atoms with E-state index in [0.717, 1.165) is 23.2 Å². The van der Waals surface area contributed by atoms with Crippen molar-refractivity contribution in [2.75, 3.05) is 31.1 Å². The van der Waals surface area contributed by atoms with Gasteiger partial charge in [0.25, 0.3) is 5.56 Å². The van der Waals surface area contributed by atoms with E-state index >= 15 is 0 Å². The van der Waals surface area contributed by atoms with Gasteiger partial charge in [-0.05, 0) is 13.8 Å². The van der Waals surface area contributed by atoms with Crippen molar-refractivity contribution in [2.45, 2.75) is 60.4 Å². The highest BCUT2D eigenvalue weighted by Crippen LogP contribution is 2.23. The largest absolute Gasteiger partial charge is 0.490 e. The molecule has 1 saturated heterocycles. The molecule has 45 heavy (non-hydrogen) atoms. The SMILES string of the molecule is CC(C)=CCn1c(N2CCNCC2)nc2c1c(=O)n(CC(=O)c1ccccc1)c(=O)n2CC(=O)C(C)(C)C.O=C(O)C(F)(F)F. The molecule has 2 aromatic heterocycles. The lowest BCUT2D eigenvalue weighted by Gasteiger charge is -2.28. The van der Waals surface area contributed by atoms with Gasteiger partial charge in [0.15, 0.2) is 22.7 Å². The number of carbonyl (C=O) groups is 3. The van der Waals surface area contributed by atoms with Gasteiger partial charge in [0.1, 0.15) is 0 Å². The van der Waals surface area contributed by atoms with E-state index in [4.69, 9.17) is 14.9 Å². The number of Topliss-reactive ketones (excluding diaryl/α,β-unsaturated/α-hetero) is 2. The van der Waals surface area contributed by atoms with Crippen molar-refractivity contribution in [3.63, 3.8) is 0 Å². The number of carboxylic acids is 1. The van der Waals surface area contributed by atoms with E-state index in [1.54, 1.807) is 55.7 Å². The predicted molar refractivity (Wildman–Crippen MR) is 162 cm³/mol. The van der Waals surface area contributed by atoms with Crippen LogP contribution in [0.5, 0.6) is 0 Å². The van der Waals surface area contributed by atoms with Crippen molar-refractivity contribution in [1.29, 1.82) is 0 Å². The number of carbonyl (C=O) groups excluding carboxylic acids is 2. The van der Waals surface area contributed by atoms with E-state index < -0.39 is 35.4 Å². The molecule has 3 heterocycles. The van der Waals surface area contributed by atoms with Crippen LogP contribution in [0, 0.1) is 5.41 Å². The Morgan fingerprint density at radius 2 is 1.53 bits per heavy atom. The molecule has 1 aliphatic rings. The molecule has 0 spiro atoms. The van der Waals surface area contributed by atoms with Crippen molar-refractivity contribution in [1.82, 2.24) is 24.0 Å². The van der Waals surface area contributed by atoms with Gasteiger partial charge in [-0.2, -0.15) is 18.2 Å². The third kappa shape index (κ3) is 8.56. The standard InChI is InChI=1S/C28H36N6O4.C2HF3O2/c1-19(2)11-14-32-23-24(30-26(32)31-15-12-29-13-16-31)33(18-22(36)28(3,4)5)27(38)34(25(23)37)17-21(35)20-9-7-6-8-10-20;3-2(4,5)1(6)7/h6-11,29H,12-18H2,1-5H3;(H,6,7). The molecule has 0 radical (unpaired) electrons. The number of aromatic nitrogens is 4. The zero-order valence-electron chi connectivity index (χ0n) is 25.8. The zero-order valence-corrected chi connectivity index (χ0v) is 25.8. The number of nitrogens with one attached hydrogen (secondary N) is 1. The lowest BCUT2D eigenvalue weighted by atomic mass is 9.91. The number of imidazole rings is 1. The van der Waals surface area contributed by atoms with Crippen molar-refractivity contribution in [3.05, 3.63) is 68.4 Å². The normalized spacial score (nSPS) is 13.6. The lowest BCUT2D eigenvalue weighted by molar-refractivity contribution is -0.192. The number of fused-ring (bicyclic) bond motifs is 1. The first-order chi connectivity index (χ1) is 20.9. The number of alkyl halides is 3. The summed E-state index contributed by atoms with van der Waals surface area (Å²) in [4.78, 5) is 69.6. The van der Waals surface area contributed by atoms with Crippen molar-refractivity contribution in [3.8, 4) is 0 Å². The molecule has 0 amide bonds. The van der Waals surface area contributed by atoms with Gasteiger partial charge in [-0.25, -0.2) is 9.59 Å². The Kier molecular flexibility index (Phi) is 10.9. The fourth-order valence-electron chi connectivity index (χ4n) is 4.35. The molecule has 0 saturated carbocycles. The van der Waals surface area contributed by atoms with Crippen molar-refractivity contribution >= 4 is 34.6 Å². The van der Waals surface area contributed by atoms with Gasteiger partial charge in [-0.3, -0.25) is 23.5 Å². The summed E-state index contributed by atoms with van der Waals surface area (Å²) in [6.45, 7) is 11.9. The number of allylic oxidation sites excluding steroid dienone is 2. The maximum Gasteiger partial charge on any atom is 0.490 e. The smallest absolute Gasteiger partial charge is 0.475 e. The van der Waals surface area contributed by atoms with Gasteiger partial charge >= 0.3 is 17.8 Å². The third-order valence-electron chi connectivity index (χ3n) is 6.95. The zero-order chi connectivity index (χ0) is 33.7. The van der Waals surface area contributed by atoms with E-state index in [0.29, 0.717) is 31.1 Å². The Morgan fingerprint density at radius 3 is 2.04 bits per heavy atom. The van der Waals surface area contributed by atoms with Crippen LogP contribution >= 0.6 is 0 Å². The van der Waals surface area contributed by atoms with Gasteiger partial charge < -0.3 is 19.9 Å². The van der Waals surface area contributed by atoms with Gasteiger partial charge in [0.05, 0.1) is 13.1 Å². The molecule has 244 valence electrons. The minimum atomic E-state index is -5.08. The number of hydrogen-bond acceptors (Lipinski definition) is 8. The highest BCUT2D eigenvalue weighted by molar-refractivity contribution is 5.96. The second-order valence-electron chi connectivity index (χ2n) is 11.7. The quantitative estimate of drug-likeness (QED) is 0.282. The maximum absolute atomic E-state index is 13.9. The second kappa shape index (κ2) is 14.1. The lowest BCUT2D eigenvalue weighted by Crippen LogP contribution is -2.45. The molecule has 15 heteroatoms. The Morgan fingerprint density at radius 1 is 0.956 bits per heavy atom. The highest BCUT2D eigenvalue weighted by atomic mass is 19.4. The molecule has 2 N–H and O–H groups in total. The molecule has 0 atom stereocenters. The average molecular weight is 635 g/mol. The number of carboxylic acid groups (broad SMARTS) is 1. The monoisotopic (exact) mass is 634 g/mol. The molecule has 3 aromatic rings. The number of rotatable bonds is 8. The van der Waals surface area contributed by atoms with Gasteiger partial charge in [0.2, 0.25) is 5.95 Å². The minimum Gasteiger partial charge on any atom is -0.475 e. The Bertz CT molecular complexity index is 1700. The highest BCUT2D eigenvalue weighted by Gasteiger charge is 2.38. The summed E-state index contributed by atoms with van der Waals surface area (Å²) in [6, 6.07) is 8.55. The van der Waals surface area contributed by atoms with E-state index in [1.165, 1.54) is 4.57 Å². The first-order valence-electron chi connectivity index (χ1n) is 14.2. The molecular formula is C30H37F3N6O6. The topological polar surface area (TPSA) is 149 Å². The Hall–Kier alpha value is -4.53. The number of benzene rings is 1. The first-order valence-corrected chi connectivity index (χ1v) is 14.2. The molecule has 12 nitrogen and oxygen atoms in total. The first kappa shape index (κ1) is 35.0. The van der Waals surface area contributed by atoms with E-state index in [1.807, 2.05) is 19.9 Å². The van der Waals surface area contributed by atoms with Crippen LogP contribution in [0.15, 0.2) is 51.6 Å². The van der Waals surface area contributed by atoms with E-state index in [-0.39, 0.29) is 29.3 Å². The maximum atomic E-state index is 13.9. The van der Waals surface area contributed by atoms with Gasteiger partial charge in [0, 0.05) is 43.7 Å². The van der Waals surface area contributed by atoms with E-state index in [9.17, 15) is 32.3 Å². The summed E-state index contributed by atoms with van der Waals surface area (Å²) < 4.78 is 35.7. The number of halogens is 3. The van der Waals surface area contributed by atoms with E-state index in [2.05, 4.69) is 10.2 Å². The number of hydrogen-bond donors (Lipinski definition) is 2. The fraction of sp³-hybridized carbons (Fsp3) is 0.467. The molecular weight excluding hydrogens is 597 g/mol. The molecule has 4 rings (SSSR count). The molecule has 1 fully saturated rings. The van der Waals surface area contributed by atoms with Crippen molar-refractivity contribution < 1.29 is 32.7 Å². The van der Waals surface area contributed by atoms with Crippen LogP contribution < -0.4 is 21.5 Å². The van der Waals surface area contributed by atoms with Crippen LogP contribution in [0.1, 0.15) is 45.0 Å². The summed E-state index contributed by atoms with van der Waals surface area (Å²) in [6.07, 6.45) is -3.10. The number of aliphatic carboxylic acids is 1. The number of nitrogens with zero attached hydrogens (tertiary/aromatic N) is 5. The van der Waals surface area contributed by atoms with Crippen LogP contribution in [0.4, 0.5) is 19.1 Å². The third-order valence-corrected chi connectivity index (χ3v) is 6.95. The van der Waals surface area contributed by atoms with Crippen LogP contribution in [0.2, 0.25) is 0 Å². The average Bonchev–Trinajstić information content (AvgIpc) is 3.36. The summed E-state index contributed by atoms with van der Waals surface area (Å²) in [5.74, 6) is -2.73. The molecule has 1 aliphatic heterocycles. The predicted octanol–water partition coefficient (Wildman–Crippen LogP) is 2.87. The van der Waals surface area contributed by atoms with Gasteiger partial charge in [-0.15, -0.1) is 0 Å². The van der Waals surface area contributed by atoms with Gasteiger partial charge in [-0.1, -0.05) is 62.8 Å². The Labute approximate surface area is 256 Å². The summed E-state index contributed by atoms with van der Waals surface area (Å²) >= 11 is 0. The molecule has 0 aliphatic carbocycles. The van der Waals surface area contributed by atoms with Crippen LogP contribution in [0.3, 0.4) is 0 Å². The summed E-state index contributed by atoms with van der Waals surface area (Å²) in [7, 11) is 0. The fourth-order valence-corrected chi connectivity index (χ4v) is 4.35. The molecule has 0 unspecified atom stereocenters. The van der Waals surface area contributed by atoms with Crippen LogP contribution in [-0.4, -0.2) is 73.7 Å². The number of anilines is 1. The molecule has 0 bridgehead atoms. The van der Waals surface area contributed by atoms with Crippen LogP contribution in [-0.2, 0) is 29.2 Å². The summed E-state index contributed by atoms with van der Waals surface area (Å²) in [5, 5.41) is 10.4. The van der Waals surface area contributed by atoms with Crippen LogP contribution in [0.25, 0.3) is 11.2 Å².